The number of hydrogen-bond acceptors (Lipinski definition) is 4. The van der Waals surface area contributed by atoms with E-state index in [2.05, 4.69) is 0 Å². The molecule has 0 amide bonds. The van der Waals surface area contributed by atoms with Crippen LogP contribution in [0.25, 0.3) is 11.1 Å². The first kappa shape index (κ1) is 22.2. The van der Waals surface area contributed by atoms with Crippen LogP contribution in [0.15, 0.2) is 60.7 Å². The van der Waals surface area contributed by atoms with Gasteiger partial charge in [-0.25, -0.2) is 8.78 Å². The van der Waals surface area contributed by atoms with Crippen LogP contribution in [0.5, 0.6) is 5.75 Å². The maximum atomic E-state index is 14.0. The van der Waals surface area contributed by atoms with Crippen molar-refractivity contribution in [1.29, 1.82) is 5.41 Å². The van der Waals surface area contributed by atoms with E-state index in [0.29, 0.717) is 42.1 Å². The van der Waals surface area contributed by atoms with Crippen LogP contribution in [0.4, 0.5) is 14.5 Å². The van der Waals surface area contributed by atoms with Gasteiger partial charge < -0.3 is 21.6 Å². The maximum Gasteiger partial charge on any atom is 0.126 e. The molecule has 4 nitrogen and oxygen atoms in total. The first-order valence-electron chi connectivity index (χ1n) is 10.00. The summed E-state index contributed by atoms with van der Waals surface area (Å²) < 4.78 is 33.6. The van der Waals surface area contributed by atoms with E-state index in [0.717, 1.165) is 28.3 Å². The molecular weight excluding hydrogens is 396 g/mol. The fraction of sp³-hybridized carbons (Fsp3) is 0.160. The van der Waals surface area contributed by atoms with Gasteiger partial charge in [0, 0.05) is 30.1 Å². The smallest absolute Gasteiger partial charge is 0.126 e. The Morgan fingerprint density at radius 3 is 2.16 bits per heavy atom. The monoisotopic (exact) mass is 421 g/mol. The fourth-order valence-electron chi connectivity index (χ4n) is 3.52. The van der Waals surface area contributed by atoms with Gasteiger partial charge in [-0.3, -0.25) is 0 Å². The number of nitrogens with one attached hydrogen (secondary N) is 1. The van der Waals surface area contributed by atoms with E-state index in [-0.39, 0.29) is 0 Å². The van der Waals surface area contributed by atoms with Crippen molar-refractivity contribution in [2.75, 3.05) is 18.9 Å². The first-order chi connectivity index (χ1) is 15.0. The number of hydrogen-bond donors (Lipinski definition) is 3. The molecule has 31 heavy (non-hydrogen) atoms. The molecular formula is C25H25F2N3O. The molecule has 0 aliphatic rings. The third-order valence-corrected chi connectivity index (χ3v) is 4.93. The Balaban J connectivity index is 2.25. The summed E-state index contributed by atoms with van der Waals surface area (Å²) in [5, 5.41) is 7.64. The highest BCUT2D eigenvalue weighted by molar-refractivity contribution is 6.00. The predicted molar refractivity (Wildman–Crippen MR) is 122 cm³/mol. The molecule has 0 fully saturated rings. The van der Waals surface area contributed by atoms with Crippen LogP contribution in [0, 0.1) is 17.0 Å². The molecule has 5 N–H and O–H groups in total. The van der Waals surface area contributed by atoms with E-state index < -0.39 is 11.6 Å². The minimum absolute atomic E-state index is 0.408. The number of nitrogens with two attached hydrogens (primary N) is 2. The number of ether oxygens (including phenoxy) is 1. The molecule has 0 atom stereocenters. The van der Waals surface area contributed by atoms with Crippen LogP contribution in [-0.2, 0) is 0 Å². The average molecular weight is 421 g/mol. The molecule has 0 radical (unpaired) electrons. The second kappa shape index (κ2) is 10.00. The summed E-state index contributed by atoms with van der Waals surface area (Å²) in [6, 6.07) is 16.4. The summed E-state index contributed by atoms with van der Waals surface area (Å²) in [7, 11) is 0. The first-order valence-corrected chi connectivity index (χ1v) is 10.00. The Morgan fingerprint density at radius 2 is 1.58 bits per heavy atom. The van der Waals surface area contributed by atoms with Gasteiger partial charge in [-0.15, -0.1) is 0 Å². The highest BCUT2D eigenvalue weighted by atomic mass is 19.1. The second-order valence-corrected chi connectivity index (χ2v) is 7.01. The molecule has 3 aromatic rings. The Labute approximate surface area is 180 Å². The molecule has 0 bridgehead atoms. The van der Waals surface area contributed by atoms with Gasteiger partial charge in [-0.2, -0.15) is 0 Å². The van der Waals surface area contributed by atoms with Crippen molar-refractivity contribution < 1.29 is 13.5 Å². The van der Waals surface area contributed by atoms with E-state index in [1.807, 2.05) is 43.3 Å². The second-order valence-electron chi connectivity index (χ2n) is 7.01. The van der Waals surface area contributed by atoms with Crippen LogP contribution in [0.2, 0.25) is 0 Å². The van der Waals surface area contributed by atoms with Gasteiger partial charge in [-0.1, -0.05) is 25.1 Å². The lowest BCUT2D eigenvalue weighted by atomic mass is 9.87. The number of rotatable bonds is 8. The van der Waals surface area contributed by atoms with Gasteiger partial charge >= 0.3 is 0 Å². The largest absolute Gasteiger partial charge is 0.492 e. The topological polar surface area (TPSA) is 85.1 Å². The molecule has 6 heteroatoms. The van der Waals surface area contributed by atoms with Gasteiger partial charge in [0.15, 0.2) is 0 Å². The van der Waals surface area contributed by atoms with E-state index in [1.54, 1.807) is 6.07 Å². The summed E-state index contributed by atoms with van der Waals surface area (Å²) in [5.74, 6) is -0.590. The van der Waals surface area contributed by atoms with Crippen molar-refractivity contribution in [3.05, 3.63) is 94.6 Å². The molecule has 3 aromatic carbocycles. The van der Waals surface area contributed by atoms with E-state index in [9.17, 15) is 8.78 Å². The number of anilines is 1. The van der Waals surface area contributed by atoms with Gasteiger partial charge in [0.05, 0.1) is 0 Å². The Morgan fingerprint density at radius 1 is 0.935 bits per heavy atom. The third kappa shape index (κ3) is 5.16. The molecule has 0 aliphatic heterocycles. The van der Waals surface area contributed by atoms with Gasteiger partial charge in [0.25, 0.3) is 0 Å². The summed E-state index contributed by atoms with van der Waals surface area (Å²) in [5.41, 5.74) is 16.2. The third-order valence-electron chi connectivity index (χ3n) is 4.93. The quantitative estimate of drug-likeness (QED) is 0.264. The minimum Gasteiger partial charge on any atom is -0.492 e. The van der Waals surface area contributed by atoms with Crippen molar-refractivity contribution in [1.82, 2.24) is 0 Å². The van der Waals surface area contributed by atoms with Crippen molar-refractivity contribution in [3.8, 4) is 5.75 Å². The Hall–Kier alpha value is -3.51. The van der Waals surface area contributed by atoms with Crippen molar-refractivity contribution >= 4 is 23.0 Å². The zero-order valence-corrected chi connectivity index (χ0v) is 17.3. The lowest BCUT2D eigenvalue weighted by Gasteiger charge is -2.18. The van der Waals surface area contributed by atoms with Crippen LogP contribution in [0.1, 0.15) is 35.6 Å². The number of allylic oxidation sites excluding steroid dienone is 1. The molecule has 3 rings (SSSR count). The van der Waals surface area contributed by atoms with E-state index >= 15 is 0 Å². The zero-order valence-electron chi connectivity index (χ0n) is 17.3. The van der Waals surface area contributed by atoms with Crippen LogP contribution in [0.3, 0.4) is 0 Å². The van der Waals surface area contributed by atoms with Crippen LogP contribution >= 0.6 is 0 Å². The average Bonchev–Trinajstić information content (AvgIpc) is 2.76. The lowest BCUT2D eigenvalue weighted by Crippen LogP contribution is -2.10. The van der Waals surface area contributed by atoms with Crippen molar-refractivity contribution in [3.63, 3.8) is 0 Å². The summed E-state index contributed by atoms with van der Waals surface area (Å²) >= 11 is 0. The molecule has 0 heterocycles. The lowest BCUT2D eigenvalue weighted by molar-refractivity contribution is 0.328. The number of benzene rings is 3. The number of halogens is 2. The maximum absolute atomic E-state index is 14.0. The highest BCUT2D eigenvalue weighted by Gasteiger charge is 2.16. The van der Waals surface area contributed by atoms with E-state index in [4.69, 9.17) is 21.6 Å². The molecule has 0 aliphatic carbocycles. The highest BCUT2D eigenvalue weighted by Crippen LogP contribution is 2.36. The van der Waals surface area contributed by atoms with Crippen LogP contribution < -0.4 is 16.2 Å². The van der Waals surface area contributed by atoms with Crippen LogP contribution in [-0.4, -0.2) is 19.4 Å². The van der Waals surface area contributed by atoms with Crippen molar-refractivity contribution in [2.24, 2.45) is 5.73 Å². The Bertz CT molecular complexity index is 1090. The number of nitrogen functional groups attached to an aromatic ring is 1. The molecule has 0 unspecified atom stereocenters. The Kier molecular flexibility index (Phi) is 7.15. The molecule has 0 saturated carbocycles. The van der Waals surface area contributed by atoms with Gasteiger partial charge in [0.2, 0.25) is 0 Å². The normalized spacial score (nSPS) is 11.7. The molecule has 0 spiro atoms. The summed E-state index contributed by atoms with van der Waals surface area (Å²) in [4.78, 5) is 0. The predicted octanol–water partition coefficient (Wildman–Crippen LogP) is 5.25. The minimum atomic E-state index is -0.636. The SMILES string of the molecule is CC/C(=C(/c1ccc(OCCN)cc1)c1ccc(N)c(C=N)c1)c1cc(F)cc(F)c1. The van der Waals surface area contributed by atoms with E-state index in [1.165, 1.54) is 18.3 Å². The van der Waals surface area contributed by atoms with Gasteiger partial charge in [0.1, 0.15) is 24.0 Å². The fourth-order valence-corrected chi connectivity index (χ4v) is 3.52. The molecule has 160 valence electrons. The van der Waals surface area contributed by atoms with Gasteiger partial charge in [-0.05, 0) is 70.7 Å². The standard InChI is InChI=1S/C25H25F2N3O/c1-2-23(18-12-20(26)14-21(27)13-18)25(17-5-8-24(30)19(11-17)15-29)16-3-6-22(7-4-16)31-10-9-28/h3-8,11-15,29H,2,9-10,28,30H2,1H3/b25-23+,29-15?. The summed E-state index contributed by atoms with van der Waals surface area (Å²) in [6.07, 6.45) is 1.72. The molecule has 0 aromatic heterocycles. The molecule has 0 saturated heterocycles. The zero-order chi connectivity index (χ0) is 22.4. The summed E-state index contributed by atoms with van der Waals surface area (Å²) in [6.45, 7) is 2.76. The van der Waals surface area contributed by atoms with Crippen molar-refractivity contribution in [2.45, 2.75) is 13.3 Å².